The second kappa shape index (κ2) is 10.1. The normalized spacial score (nSPS) is 11.4. The molecule has 0 bridgehead atoms. The predicted molar refractivity (Wildman–Crippen MR) is 107 cm³/mol. The highest BCUT2D eigenvalue weighted by atomic mass is 127. The zero-order valence-electron chi connectivity index (χ0n) is 14.5. The Kier molecular flexibility index (Phi) is 8.47. The number of guanidine groups is 1. The van der Waals surface area contributed by atoms with Gasteiger partial charge in [0.25, 0.3) is 0 Å². The number of hydrogen-bond donors (Lipinski definition) is 2. The van der Waals surface area contributed by atoms with Crippen LogP contribution in [0.15, 0.2) is 47.5 Å². The third kappa shape index (κ3) is 7.41. The van der Waals surface area contributed by atoms with Crippen LogP contribution in [0.5, 0.6) is 17.2 Å². The van der Waals surface area contributed by atoms with Crippen molar-refractivity contribution in [2.75, 3.05) is 19.5 Å². The molecule has 2 aromatic carbocycles. The Morgan fingerprint density at radius 3 is 2.22 bits per heavy atom. The van der Waals surface area contributed by atoms with Gasteiger partial charge in [-0.05, 0) is 42.0 Å². The average molecular weight is 497 g/mol. The maximum atomic E-state index is 12.1. The summed E-state index contributed by atoms with van der Waals surface area (Å²) in [7, 11) is 3.08. The van der Waals surface area contributed by atoms with E-state index in [9.17, 15) is 13.2 Å². The Labute approximate surface area is 171 Å². The van der Waals surface area contributed by atoms with Crippen LogP contribution in [0.4, 0.5) is 18.9 Å². The topological polar surface area (TPSA) is 78.1 Å². The zero-order chi connectivity index (χ0) is 19.2. The van der Waals surface area contributed by atoms with Crippen LogP contribution in [-0.2, 0) is 6.54 Å². The van der Waals surface area contributed by atoms with Crippen LogP contribution in [0.1, 0.15) is 5.56 Å². The van der Waals surface area contributed by atoms with E-state index in [0.29, 0.717) is 17.2 Å². The summed E-state index contributed by atoms with van der Waals surface area (Å²) in [5.74, 6) is 0.979. The van der Waals surface area contributed by atoms with Gasteiger partial charge in [-0.2, -0.15) is 0 Å². The van der Waals surface area contributed by atoms with Gasteiger partial charge in [0.05, 0.1) is 20.8 Å². The molecular weight excluding hydrogens is 478 g/mol. The minimum absolute atomic E-state index is 0. The number of halogens is 4. The highest BCUT2D eigenvalue weighted by Crippen LogP contribution is 2.28. The molecule has 0 heterocycles. The van der Waals surface area contributed by atoms with Crippen LogP contribution >= 0.6 is 24.0 Å². The molecule has 0 aliphatic rings. The average Bonchev–Trinajstić information content (AvgIpc) is 2.60. The van der Waals surface area contributed by atoms with Crippen LogP contribution in [0.25, 0.3) is 0 Å². The summed E-state index contributed by atoms with van der Waals surface area (Å²) in [6.07, 6.45) is -4.73. The summed E-state index contributed by atoms with van der Waals surface area (Å²) in [5.41, 5.74) is 7.12. The Hall–Kier alpha value is -2.37. The molecular formula is C17H19F3IN3O3. The Morgan fingerprint density at radius 2 is 1.67 bits per heavy atom. The van der Waals surface area contributed by atoms with Crippen LogP contribution in [0.3, 0.4) is 0 Å². The molecule has 0 aliphatic carbocycles. The van der Waals surface area contributed by atoms with Gasteiger partial charge in [-0.25, -0.2) is 4.99 Å². The number of nitrogens with zero attached hydrogens (tertiary/aromatic N) is 1. The van der Waals surface area contributed by atoms with Crippen molar-refractivity contribution in [3.8, 4) is 17.2 Å². The van der Waals surface area contributed by atoms with Crippen molar-refractivity contribution in [3.05, 3.63) is 48.0 Å². The molecule has 0 spiro atoms. The number of anilines is 1. The molecule has 27 heavy (non-hydrogen) atoms. The molecule has 0 aliphatic heterocycles. The molecule has 0 saturated carbocycles. The fourth-order valence-corrected chi connectivity index (χ4v) is 2.08. The molecule has 2 aromatic rings. The zero-order valence-corrected chi connectivity index (χ0v) is 16.9. The highest BCUT2D eigenvalue weighted by molar-refractivity contribution is 14.0. The molecule has 0 amide bonds. The van der Waals surface area contributed by atoms with E-state index in [0.717, 1.165) is 5.56 Å². The van der Waals surface area contributed by atoms with Crippen LogP contribution in [-0.4, -0.2) is 26.5 Å². The largest absolute Gasteiger partial charge is 0.573 e. The second-order valence-corrected chi connectivity index (χ2v) is 5.09. The number of nitrogens with two attached hydrogens (primary N) is 1. The van der Waals surface area contributed by atoms with Crippen molar-refractivity contribution in [1.82, 2.24) is 0 Å². The molecule has 2 rings (SSSR count). The molecule has 0 fully saturated rings. The maximum absolute atomic E-state index is 12.1. The molecule has 0 aromatic heterocycles. The third-order valence-electron chi connectivity index (χ3n) is 3.24. The first kappa shape index (κ1) is 22.7. The number of alkyl halides is 3. The van der Waals surface area contributed by atoms with Gasteiger partial charge in [0.15, 0.2) is 17.5 Å². The van der Waals surface area contributed by atoms with Crippen molar-refractivity contribution in [2.24, 2.45) is 10.7 Å². The van der Waals surface area contributed by atoms with Gasteiger partial charge >= 0.3 is 6.36 Å². The molecule has 3 N–H and O–H groups in total. The maximum Gasteiger partial charge on any atom is 0.573 e. The lowest BCUT2D eigenvalue weighted by molar-refractivity contribution is -0.274. The number of methoxy groups -OCH3 is 2. The van der Waals surface area contributed by atoms with Gasteiger partial charge < -0.3 is 25.3 Å². The van der Waals surface area contributed by atoms with Crippen LogP contribution in [0.2, 0.25) is 0 Å². The number of rotatable bonds is 6. The number of ether oxygens (including phenoxy) is 3. The summed E-state index contributed by atoms with van der Waals surface area (Å²) in [6, 6.07) is 10.5. The number of benzene rings is 2. The van der Waals surface area contributed by atoms with E-state index < -0.39 is 6.36 Å². The molecule has 6 nitrogen and oxygen atoms in total. The summed E-state index contributed by atoms with van der Waals surface area (Å²) in [6.45, 7) is 0.286. The molecule has 0 radical (unpaired) electrons. The predicted octanol–water partition coefficient (Wildman–Crippen LogP) is 4.15. The van der Waals surface area contributed by atoms with E-state index in [1.807, 2.05) is 6.07 Å². The summed E-state index contributed by atoms with van der Waals surface area (Å²) in [5, 5.41) is 2.79. The van der Waals surface area contributed by atoms with Gasteiger partial charge in [0.2, 0.25) is 0 Å². The van der Waals surface area contributed by atoms with Gasteiger partial charge in [0.1, 0.15) is 5.75 Å². The summed E-state index contributed by atoms with van der Waals surface area (Å²) < 4.78 is 50.5. The number of hydrogen-bond acceptors (Lipinski definition) is 4. The fourth-order valence-electron chi connectivity index (χ4n) is 2.08. The van der Waals surface area contributed by atoms with Gasteiger partial charge in [-0.1, -0.05) is 6.07 Å². The molecule has 10 heteroatoms. The lowest BCUT2D eigenvalue weighted by Gasteiger charge is -2.10. The van der Waals surface area contributed by atoms with Crippen LogP contribution in [0, 0.1) is 0 Å². The minimum Gasteiger partial charge on any atom is -0.493 e. The first-order valence-electron chi connectivity index (χ1n) is 7.44. The minimum atomic E-state index is -4.73. The van der Waals surface area contributed by atoms with Crippen molar-refractivity contribution < 1.29 is 27.4 Å². The van der Waals surface area contributed by atoms with Gasteiger partial charge in [-0.15, -0.1) is 37.1 Å². The van der Waals surface area contributed by atoms with Crippen molar-refractivity contribution in [3.63, 3.8) is 0 Å². The molecule has 148 valence electrons. The Morgan fingerprint density at radius 1 is 1.04 bits per heavy atom. The van der Waals surface area contributed by atoms with Crippen molar-refractivity contribution >= 4 is 35.6 Å². The second-order valence-electron chi connectivity index (χ2n) is 5.09. The summed E-state index contributed by atoms with van der Waals surface area (Å²) in [4.78, 5) is 4.18. The third-order valence-corrected chi connectivity index (χ3v) is 3.24. The highest BCUT2D eigenvalue weighted by Gasteiger charge is 2.30. The first-order valence-corrected chi connectivity index (χ1v) is 7.44. The first-order chi connectivity index (χ1) is 12.3. The smallest absolute Gasteiger partial charge is 0.493 e. The lowest BCUT2D eigenvalue weighted by atomic mass is 10.2. The Bertz CT molecular complexity index is 768. The van der Waals surface area contributed by atoms with E-state index >= 15 is 0 Å². The number of nitrogens with one attached hydrogen (secondary N) is 1. The SMILES string of the molecule is COc1ccc(CN=C(N)Nc2ccc(OC(F)(F)F)cc2)cc1OC.I. The van der Waals surface area contributed by atoms with E-state index in [-0.39, 0.29) is 42.2 Å². The molecule has 0 saturated heterocycles. The van der Waals surface area contributed by atoms with E-state index in [1.165, 1.54) is 31.4 Å². The quantitative estimate of drug-likeness (QED) is 0.357. The van der Waals surface area contributed by atoms with E-state index in [1.54, 1.807) is 19.2 Å². The van der Waals surface area contributed by atoms with Crippen molar-refractivity contribution in [1.29, 1.82) is 0 Å². The molecule has 0 atom stereocenters. The molecule has 0 unspecified atom stereocenters. The fraction of sp³-hybridized carbons (Fsp3) is 0.235. The van der Waals surface area contributed by atoms with E-state index in [4.69, 9.17) is 15.2 Å². The standard InChI is InChI=1S/C17H18F3N3O3.HI/c1-24-14-8-3-11(9-15(14)25-2)10-22-16(21)23-12-4-6-13(7-5-12)26-17(18,19)20;/h3-9H,10H2,1-2H3,(H3,21,22,23);1H. The Balaban J connectivity index is 0.00000364. The van der Waals surface area contributed by atoms with Crippen LogP contribution < -0.4 is 25.3 Å². The lowest BCUT2D eigenvalue weighted by Crippen LogP contribution is -2.22. The number of aliphatic imine (C=N–C) groups is 1. The van der Waals surface area contributed by atoms with Gasteiger partial charge in [0, 0.05) is 5.69 Å². The monoisotopic (exact) mass is 497 g/mol. The van der Waals surface area contributed by atoms with E-state index in [2.05, 4.69) is 15.0 Å². The van der Waals surface area contributed by atoms with Crippen molar-refractivity contribution in [2.45, 2.75) is 12.9 Å². The van der Waals surface area contributed by atoms with Gasteiger partial charge in [-0.3, -0.25) is 0 Å². The summed E-state index contributed by atoms with van der Waals surface area (Å²) >= 11 is 0.